The van der Waals surface area contributed by atoms with Crippen molar-refractivity contribution in [3.8, 4) is 0 Å². The maximum Gasteiger partial charge on any atom is 0.267 e. The second-order valence-electron chi connectivity index (χ2n) is 4.42. The average molecular weight is 274 g/mol. The normalized spacial score (nSPS) is 10.4. The minimum absolute atomic E-state index is 0.0167. The van der Waals surface area contributed by atoms with Gasteiger partial charge in [-0.2, -0.15) is 0 Å². The number of aromatic nitrogens is 1. The van der Waals surface area contributed by atoms with Crippen LogP contribution in [0, 0.1) is 6.92 Å². The van der Waals surface area contributed by atoms with Gasteiger partial charge in [-0.3, -0.25) is 4.79 Å². The maximum absolute atomic E-state index is 11.8. The molecule has 100 valence electrons. The zero-order valence-electron chi connectivity index (χ0n) is 11.2. The SMILES string of the molecule is Cc1ccc(SCCNC(=O)c2cccn2C)cc1. The summed E-state index contributed by atoms with van der Waals surface area (Å²) in [5.74, 6) is 0.858. The summed E-state index contributed by atoms with van der Waals surface area (Å²) >= 11 is 1.75. The van der Waals surface area contributed by atoms with E-state index < -0.39 is 0 Å². The lowest BCUT2D eigenvalue weighted by Gasteiger charge is -2.06. The summed E-state index contributed by atoms with van der Waals surface area (Å²) in [6.45, 7) is 2.75. The first-order valence-corrected chi connectivity index (χ1v) is 7.24. The third-order valence-corrected chi connectivity index (χ3v) is 3.87. The van der Waals surface area contributed by atoms with Crippen LogP contribution in [-0.4, -0.2) is 22.8 Å². The molecule has 0 fully saturated rings. The van der Waals surface area contributed by atoms with E-state index in [-0.39, 0.29) is 5.91 Å². The summed E-state index contributed by atoms with van der Waals surface area (Å²) in [6, 6.07) is 12.1. The lowest BCUT2D eigenvalue weighted by Crippen LogP contribution is -2.27. The highest BCUT2D eigenvalue weighted by Gasteiger charge is 2.07. The highest BCUT2D eigenvalue weighted by atomic mass is 32.2. The second-order valence-corrected chi connectivity index (χ2v) is 5.59. The first-order valence-electron chi connectivity index (χ1n) is 6.26. The summed E-state index contributed by atoms with van der Waals surface area (Å²) in [5.41, 5.74) is 1.96. The molecule has 0 spiro atoms. The number of carbonyl (C=O) groups excluding carboxylic acids is 1. The Hall–Kier alpha value is -1.68. The molecule has 0 aliphatic heterocycles. The van der Waals surface area contributed by atoms with Gasteiger partial charge in [0.15, 0.2) is 0 Å². The molecule has 2 rings (SSSR count). The molecule has 0 aliphatic carbocycles. The fraction of sp³-hybridized carbons (Fsp3) is 0.267. The highest BCUT2D eigenvalue weighted by molar-refractivity contribution is 7.99. The van der Waals surface area contributed by atoms with Gasteiger partial charge in [-0.1, -0.05) is 17.7 Å². The van der Waals surface area contributed by atoms with Crippen molar-refractivity contribution < 1.29 is 4.79 Å². The topological polar surface area (TPSA) is 34.0 Å². The lowest BCUT2D eigenvalue weighted by molar-refractivity contribution is 0.0948. The van der Waals surface area contributed by atoms with Crippen molar-refractivity contribution in [1.29, 1.82) is 0 Å². The molecule has 0 saturated carbocycles. The van der Waals surface area contributed by atoms with Crippen LogP contribution >= 0.6 is 11.8 Å². The van der Waals surface area contributed by atoms with E-state index in [1.165, 1.54) is 10.5 Å². The van der Waals surface area contributed by atoms with Crippen LogP contribution in [0.4, 0.5) is 0 Å². The van der Waals surface area contributed by atoms with Crippen LogP contribution in [0.1, 0.15) is 16.1 Å². The zero-order chi connectivity index (χ0) is 13.7. The Labute approximate surface area is 118 Å². The van der Waals surface area contributed by atoms with Crippen LogP contribution in [0.5, 0.6) is 0 Å². The Morgan fingerprint density at radius 2 is 2.00 bits per heavy atom. The molecule has 1 amide bonds. The van der Waals surface area contributed by atoms with Crippen LogP contribution in [0.2, 0.25) is 0 Å². The van der Waals surface area contributed by atoms with Crippen LogP contribution in [0.3, 0.4) is 0 Å². The Morgan fingerprint density at radius 3 is 2.63 bits per heavy atom. The van der Waals surface area contributed by atoms with Gasteiger partial charge < -0.3 is 9.88 Å². The Bertz CT molecular complexity index is 546. The fourth-order valence-corrected chi connectivity index (χ4v) is 2.52. The van der Waals surface area contributed by atoms with Crippen molar-refractivity contribution in [3.05, 3.63) is 53.9 Å². The summed E-state index contributed by atoms with van der Waals surface area (Å²) in [5, 5.41) is 2.93. The molecule has 1 N–H and O–H groups in total. The molecule has 3 nitrogen and oxygen atoms in total. The molecule has 0 aliphatic rings. The van der Waals surface area contributed by atoms with Crippen LogP contribution < -0.4 is 5.32 Å². The van der Waals surface area contributed by atoms with Crippen LogP contribution in [-0.2, 0) is 7.05 Å². The number of carbonyl (C=O) groups is 1. The third-order valence-electron chi connectivity index (χ3n) is 2.85. The van der Waals surface area contributed by atoms with Gasteiger partial charge in [0.25, 0.3) is 5.91 Å². The molecule has 2 aromatic rings. The number of nitrogens with zero attached hydrogens (tertiary/aromatic N) is 1. The number of hydrogen-bond acceptors (Lipinski definition) is 2. The summed E-state index contributed by atoms with van der Waals surface area (Å²) in [7, 11) is 1.87. The third kappa shape index (κ3) is 3.89. The smallest absolute Gasteiger partial charge is 0.267 e. The van der Waals surface area contributed by atoms with Gasteiger partial charge in [0.2, 0.25) is 0 Å². The van der Waals surface area contributed by atoms with E-state index in [9.17, 15) is 4.79 Å². The minimum atomic E-state index is -0.0167. The van der Waals surface area contributed by atoms with Crippen molar-refractivity contribution >= 4 is 17.7 Å². The predicted molar refractivity (Wildman–Crippen MR) is 79.6 cm³/mol. The van der Waals surface area contributed by atoms with Crippen molar-refractivity contribution in [2.24, 2.45) is 7.05 Å². The number of aryl methyl sites for hydroxylation is 2. The van der Waals surface area contributed by atoms with Crippen molar-refractivity contribution in [2.45, 2.75) is 11.8 Å². The molecule has 1 aromatic carbocycles. The Balaban J connectivity index is 1.74. The van der Waals surface area contributed by atoms with Gasteiger partial charge >= 0.3 is 0 Å². The van der Waals surface area contributed by atoms with Crippen molar-refractivity contribution in [3.63, 3.8) is 0 Å². The Morgan fingerprint density at radius 1 is 1.26 bits per heavy atom. The minimum Gasteiger partial charge on any atom is -0.350 e. The second kappa shape index (κ2) is 6.48. The van der Waals surface area contributed by atoms with E-state index in [1.807, 2.05) is 29.9 Å². The molecule has 4 heteroatoms. The maximum atomic E-state index is 11.8. The van der Waals surface area contributed by atoms with E-state index in [4.69, 9.17) is 0 Å². The van der Waals surface area contributed by atoms with E-state index in [1.54, 1.807) is 11.8 Å². The zero-order valence-corrected chi connectivity index (χ0v) is 12.0. The first kappa shape index (κ1) is 13.7. The molecule has 0 bridgehead atoms. The number of hydrogen-bond donors (Lipinski definition) is 1. The quantitative estimate of drug-likeness (QED) is 0.672. The van der Waals surface area contributed by atoms with Gasteiger partial charge in [0, 0.05) is 30.4 Å². The van der Waals surface area contributed by atoms with Gasteiger partial charge in [0.1, 0.15) is 5.69 Å². The van der Waals surface area contributed by atoms with Gasteiger partial charge in [-0.25, -0.2) is 0 Å². The van der Waals surface area contributed by atoms with Crippen molar-refractivity contribution in [1.82, 2.24) is 9.88 Å². The monoisotopic (exact) mass is 274 g/mol. The number of thioether (sulfide) groups is 1. The van der Waals surface area contributed by atoms with Crippen LogP contribution in [0.25, 0.3) is 0 Å². The lowest BCUT2D eigenvalue weighted by atomic mass is 10.2. The number of nitrogens with one attached hydrogen (secondary N) is 1. The summed E-state index contributed by atoms with van der Waals surface area (Å²) < 4.78 is 1.82. The van der Waals surface area contributed by atoms with Crippen LogP contribution in [0.15, 0.2) is 47.5 Å². The van der Waals surface area contributed by atoms with E-state index in [2.05, 4.69) is 36.5 Å². The summed E-state index contributed by atoms with van der Waals surface area (Å²) in [4.78, 5) is 13.1. The largest absolute Gasteiger partial charge is 0.350 e. The van der Waals surface area contributed by atoms with Crippen molar-refractivity contribution in [2.75, 3.05) is 12.3 Å². The Kier molecular flexibility index (Phi) is 4.68. The average Bonchev–Trinajstić information content (AvgIpc) is 2.83. The summed E-state index contributed by atoms with van der Waals surface area (Å²) in [6.07, 6.45) is 1.87. The van der Waals surface area contributed by atoms with Gasteiger partial charge in [0.05, 0.1) is 0 Å². The van der Waals surface area contributed by atoms with E-state index in [0.717, 1.165) is 5.75 Å². The van der Waals surface area contributed by atoms with E-state index >= 15 is 0 Å². The number of benzene rings is 1. The molecular weight excluding hydrogens is 256 g/mol. The first-order chi connectivity index (χ1) is 9.16. The van der Waals surface area contributed by atoms with Gasteiger partial charge in [-0.05, 0) is 31.2 Å². The molecule has 0 unspecified atom stereocenters. The molecule has 19 heavy (non-hydrogen) atoms. The number of rotatable bonds is 5. The molecule has 0 radical (unpaired) electrons. The predicted octanol–water partition coefficient (Wildman–Crippen LogP) is 2.86. The molecule has 1 aromatic heterocycles. The fourth-order valence-electron chi connectivity index (χ4n) is 1.76. The van der Waals surface area contributed by atoms with Gasteiger partial charge in [-0.15, -0.1) is 11.8 Å². The molecule has 0 atom stereocenters. The van der Waals surface area contributed by atoms with E-state index in [0.29, 0.717) is 12.2 Å². The molecule has 1 heterocycles. The highest BCUT2D eigenvalue weighted by Crippen LogP contribution is 2.17. The standard InChI is InChI=1S/C15H18N2OS/c1-12-5-7-13(8-6-12)19-11-9-16-15(18)14-4-3-10-17(14)2/h3-8,10H,9,11H2,1-2H3,(H,16,18). The molecular formula is C15H18N2OS. The number of amides is 1. The molecule has 0 saturated heterocycles.